The van der Waals surface area contributed by atoms with Gasteiger partial charge in [0.1, 0.15) is 19.5 Å². The lowest BCUT2D eigenvalue weighted by Gasteiger charge is -2.20. The van der Waals surface area contributed by atoms with Crippen molar-refractivity contribution in [3.63, 3.8) is 0 Å². The molecule has 0 atom stereocenters. The SMILES string of the molecule is C=CCN(Cc1ccc(Cl)s1)C(=O)COC(=O)C1=COCCO1. The maximum Gasteiger partial charge on any atom is 0.377 e. The molecule has 2 rings (SSSR count). The zero-order valence-electron chi connectivity index (χ0n) is 12.3. The van der Waals surface area contributed by atoms with Crippen LogP contribution >= 0.6 is 22.9 Å². The molecular weight excluding hydrogens is 342 g/mol. The van der Waals surface area contributed by atoms with Gasteiger partial charge >= 0.3 is 5.97 Å². The molecule has 2 heterocycles. The van der Waals surface area contributed by atoms with E-state index >= 15 is 0 Å². The first-order chi connectivity index (χ1) is 11.1. The molecule has 6 nitrogen and oxygen atoms in total. The molecule has 0 aliphatic carbocycles. The molecule has 0 N–H and O–H groups in total. The van der Waals surface area contributed by atoms with E-state index in [1.54, 1.807) is 12.1 Å². The Kier molecular flexibility index (Phi) is 6.49. The fourth-order valence-corrected chi connectivity index (χ4v) is 2.90. The van der Waals surface area contributed by atoms with Crippen molar-refractivity contribution in [3.05, 3.63) is 46.0 Å². The first-order valence-corrected chi connectivity index (χ1v) is 8.04. The number of nitrogens with zero attached hydrogens (tertiary/aromatic N) is 1. The molecule has 0 saturated heterocycles. The van der Waals surface area contributed by atoms with Crippen LogP contribution in [0.15, 0.2) is 36.8 Å². The molecule has 8 heteroatoms. The summed E-state index contributed by atoms with van der Waals surface area (Å²) >= 11 is 7.27. The standard InChI is InChI=1S/C15H16ClNO5S/c1-2-5-17(8-11-3-4-13(16)23-11)14(18)10-22-15(19)12-9-20-6-7-21-12/h2-4,9H,1,5-8,10H2. The van der Waals surface area contributed by atoms with Crippen LogP contribution in [0.5, 0.6) is 0 Å². The van der Waals surface area contributed by atoms with Gasteiger partial charge in [0.05, 0.1) is 10.9 Å². The van der Waals surface area contributed by atoms with Crippen LogP contribution in [0.1, 0.15) is 4.88 Å². The van der Waals surface area contributed by atoms with Gasteiger partial charge in [0, 0.05) is 11.4 Å². The van der Waals surface area contributed by atoms with E-state index in [1.165, 1.54) is 22.5 Å². The van der Waals surface area contributed by atoms with Gasteiger partial charge in [-0.25, -0.2) is 4.79 Å². The molecule has 0 spiro atoms. The summed E-state index contributed by atoms with van der Waals surface area (Å²) in [4.78, 5) is 26.4. The van der Waals surface area contributed by atoms with E-state index in [0.29, 0.717) is 24.0 Å². The number of esters is 1. The molecule has 1 amide bonds. The number of hydrogen-bond donors (Lipinski definition) is 0. The molecule has 1 aromatic heterocycles. The van der Waals surface area contributed by atoms with Gasteiger partial charge in [-0.3, -0.25) is 4.79 Å². The summed E-state index contributed by atoms with van der Waals surface area (Å²) in [7, 11) is 0. The van der Waals surface area contributed by atoms with Crippen molar-refractivity contribution in [3.8, 4) is 0 Å². The summed E-state index contributed by atoms with van der Waals surface area (Å²) < 4.78 is 15.7. The molecule has 23 heavy (non-hydrogen) atoms. The Labute approximate surface area is 142 Å². The lowest BCUT2D eigenvalue weighted by Crippen LogP contribution is -2.34. The van der Waals surface area contributed by atoms with Crippen LogP contribution in [0.4, 0.5) is 0 Å². The van der Waals surface area contributed by atoms with Crippen LogP contribution in [0.2, 0.25) is 4.34 Å². The van der Waals surface area contributed by atoms with Crippen molar-refractivity contribution < 1.29 is 23.8 Å². The van der Waals surface area contributed by atoms with Crippen LogP contribution in [-0.2, 0) is 30.3 Å². The fraction of sp³-hybridized carbons (Fsp3) is 0.333. The summed E-state index contributed by atoms with van der Waals surface area (Å²) in [6.45, 7) is 4.62. The van der Waals surface area contributed by atoms with E-state index in [1.807, 2.05) is 6.07 Å². The van der Waals surface area contributed by atoms with Crippen molar-refractivity contribution >= 4 is 34.8 Å². The predicted molar refractivity (Wildman–Crippen MR) is 85.9 cm³/mol. The highest BCUT2D eigenvalue weighted by atomic mass is 35.5. The second kappa shape index (κ2) is 8.59. The molecule has 1 aromatic rings. The molecule has 0 fully saturated rings. The van der Waals surface area contributed by atoms with E-state index in [-0.39, 0.29) is 24.9 Å². The molecule has 0 radical (unpaired) electrons. The third kappa shape index (κ3) is 5.30. The highest BCUT2D eigenvalue weighted by molar-refractivity contribution is 7.16. The quantitative estimate of drug-likeness (QED) is 0.553. The minimum Gasteiger partial charge on any atom is -0.493 e. The number of ether oxygens (including phenoxy) is 3. The Bertz CT molecular complexity index is 613. The highest BCUT2D eigenvalue weighted by Crippen LogP contribution is 2.22. The van der Waals surface area contributed by atoms with Crippen LogP contribution < -0.4 is 0 Å². The van der Waals surface area contributed by atoms with Gasteiger partial charge in [0.25, 0.3) is 5.91 Å². The molecule has 0 aromatic carbocycles. The summed E-state index contributed by atoms with van der Waals surface area (Å²) in [6.07, 6.45) is 2.79. The third-order valence-corrected chi connectivity index (χ3v) is 4.07. The van der Waals surface area contributed by atoms with Gasteiger partial charge in [-0.15, -0.1) is 17.9 Å². The topological polar surface area (TPSA) is 65.1 Å². The highest BCUT2D eigenvalue weighted by Gasteiger charge is 2.20. The minimum atomic E-state index is -0.726. The molecule has 0 saturated carbocycles. The molecule has 1 aliphatic rings. The Morgan fingerprint density at radius 3 is 2.87 bits per heavy atom. The number of carbonyl (C=O) groups excluding carboxylic acids is 2. The number of halogens is 1. The number of carbonyl (C=O) groups is 2. The fourth-order valence-electron chi connectivity index (χ4n) is 1.80. The molecular formula is C15H16ClNO5S. The second-order valence-corrected chi connectivity index (χ2v) is 6.35. The monoisotopic (exact) mass is 357 g/mol. The van der Waals surface area contributed by atoms with E-state index in [9.17, 15) is 9.59 Å². The summed E-state index contributed by atoms with van der Waals surface area (Å²) in [5.41, 5.74) is 0. The van der Waals surface area contributed by atoms with Gasteiger partial charge < -0.3 is 19.1 Å². The van der Waals surface area contributed by atoms with Gasteiger partial charge in [0.15, 0.2) is 6.61 Å². The zero-order chi connectivity index (χ0) is 16.7. The third-order valence-electron chi connectivity index (χ3n) is 2.85. The normalized spacial score (nSPS) is 13.3. The first kappa shape index (κ1) is 17.4. The zero-order valence-corrected chi connectivity index (χ0v) is 13.9. The van der Waals surface area contributed by atoms with Gasteiger partial charge in [-0.1, -0.05) is 17.7 Å². The average molecular weight is 358 g/mol. The van der Waals surface area contributed by atoms with Crippen LogP contribution in [0, 0.1) is 0 Å². The summed E-state index contributed by atoms with van der Waals surface area (Å²) in [5.74, 6) is -1.10. The van der Waals surface area contributed by atoms with Crippen molar-refractivity contribution in [2.45, 2.75) is 6.54 Å². The number of hydrogen-bond acceptors (Lipinski definition) is 6. The number of thiophene rings is 1. The molecule has 0 bridgehead atoms. The first-order valence-electron chi connectivity index (χ1n) is 6.84. The molecule has 124 valence electrons. The van der Waals surface area contributed by atoms with Gasteiger partial charge in [-0.05, 0) is 12.1 Å². The number of rotatable bonds is 7. The van der Waals surface area contributed by atoms with Crippen molar-refractivity contribution in [1.82, 2.24) is 4.90 Å². The molecule has 1 aliphatic heterocycles. The van der Waals surface area contributed by atoms with Crippen molar-refractivity contribution in [2.75, 3.05) is 26.4 Å². The molecule has 0 unspecified atom stereocenters. The average Bonchev–Trinajstić information content (AvgIpc) is 2.97. The lowest BCUT2D eigenvalue weighted by molar-refractivity contribution is -0.152. The van der Waals surface area contributed by atoms with E-state index in [0.717, 1.165) is 4.88 Å². The Morgan fingerprint density at radius 2 is 2.26 bits per heavy atom. The van der Waals surface area contributed by atoms with Crippen molar-refractivity contribution in [1.29, 1.82) is 0 Å². The largest absolute Gasteiger partial charge is 0.493 e. The maximum atomic E-state index is 12.2. The van der Waals surface area contributed by atoms with E-state index in [4.69, 9.17) is 25.8 Å². The van der Waals surface area contributed by atoms with E-state index < -0.39 is 5.97 Å². The Hall–Kier alpha value is -1.99. The second-order valence-electron chi connectivity index (χ2n) is 4.55. The Morgan fingerprint density at radius 1 is 1.43 bits per heavy atom. The van der Waals surface area contributed by atoms with E-state index in [2.05, 4.69) is 6.58 Å². The van der Waals surface area contributed by atoms with Crippen LogP contribution in [0.3, 0.4) is 0 Å². The summed E-state index contributed by atoms with van der Waals surface area (Å²) in [6, 6.07) is 3.62. The van der Waals surface area contributed by atoms with Crippen LogP contribution in [0.25, 0.3) is 0 Å². The lowest BCUT2D eigenvalue weighted by atomic mass is 10.4. The maximum absolute atomic E-state index is 12.2. The number of amides is 1. The minimum absolute atomic E-state index is 0.0376. The summed E-state index contributed by atoms with van der Waals surface area (Å²) in [5, 5.41) is 0. The van der Waals surface area contributed by atoms with Gasteiger partial charge in [0.2, 0.25) is 5.76 Å². The Balaban J connectivity index is 1.88. The predicted octanol–water partition coefficient (Wildman–Crippen LogP) is 2.35. The van der Waals surface area contributed by atoms with Gasteiger partial charge in [-0.2, -0.15) is 0 Å². The van der Waals surface area contributed by atoms with Crippen molar-refractivity contribution in [2.24, 2.45) is 0 Å². The smallest absolute Gasteiger partial charge is 0.377 e. The van der Waals surface area contributed by atoms with Crippen LogP contribution in [-0.4, -0.2) is 43.1 Å².